The zero-order chi connectivity index (χ0) is 17.3. The van der Waals surface area contributed by atoms with Gasteiger partial charge in [-0.15, -0.1) is 6.58 Å². The first-order valence-corrected chi connectivity index (χ1v) is 7.93. The summed E-state index contributed by atoms with van der Waals surface area (Å²) in [5.74, 6) is 0.550. The number of carbonyl (C=O) groups is 1. The van der Waals surface area contributed by atoms with Gasteiger partial charge in [0.25, 0.3) is 5.91 Å². The van der Waals surface area contributed by atoms with Crippen molar-refractivity contribution in [2.75, 3.05) is 5.32 Å². The molecule has 3 rings (SSSR count). The second kappa shape index (κ2) is 6.31. The number of aromatic nitrogens is 4. The van der Waals surface area contributed by atoms with E-state index in [0.717, 1.165) is 16.5 Å². The van der Waals surface area contributed by atoms with Crippen molar-refractivity contribution in [1.29, 1.82) is 0 Å². The quantitative estimate of drug-likeness (QED) is 0.704. The summed E-state index contributed by atoms with van der Waals surface area (Å²) >= 11 is 0. The van der Waals surface area contributed by atoms with E-state index in [0.29, 0.717) is 24.1 Å². The number of aryl methyl sites for hydroxylation is 1. The highest BCUT2D eigenvalue weighted by molar-refractivity contribution is 6.07. The lowest BCUT2D eigenvalue weighted by Gasteiger charge is -2.09. The molecule has 0 saturated carbocycles. The third-order valence-corrected chi connectivity index (χ3v) is 4.18. The minimum atomic E-state index is -0.214. The number of benzene rings is 1. The van der Waals surface area contributed by atoms with E-state index >= 15 is 0 Å². The highest BCUT2D eigenvalue weighted by Gasteiger charge is 2.21. The molecule has 0 fully saturated rings. The molecule has 6 heteroatoms. The summed E-state index contributed by atoms with van der Waals surface area (Å²) in [6.07, 6.45) is 3.15. The maximum Gasteiger partial charge on any atom is 0.274 e. The number of aromatic amines is 1. The zero-order valence-corrected chi connectivity index (χ0v) is 14.1. The van der Waals surface area contributed by atoms with Crippen LogP contribution >= 0.6 is 0 Å². The van der Waals surface area contributed by atoms with Crippen molar-refractivity contribution in [1.82, 2.24) is 19.7 Å². The largest absolute Gasteiger partial charge is 0.332 e. The lowest BCUT2D eigenvalue weighted by atomic mass is 10.0. The molecule has 2 N–H and O–H groups in total. The van der Waals surface area contributed by atoms with Gasteiger partial charge in [-0.25, -0.2) is 5.10 Å². The fourth-order valence-corrected chi connectivity index (χ4v) is 2.94. The topological polar surface area (TPSA) is 75.6 Å². The fraction of sp³-hybridized carbons (Fsp3) is 0.278. The van der Waals surface area contributed by atoms with Crippen LogP contribution < -0.4 is 5.32 Å². The van der Waals surface area contributed by atoms with E-state index in [1.54, 1.807) is 6.08 Å². The number of nitrogens with zero attached hydrogens (tertiary/aromatic N) is 3. The van der Waals surface area contributed by atoms with E-state index < -0.39 is 0 Å². The Bertz CT molecular complexity index is 890. The average molecular weight is 323 g/mol. The molecule has 0 aliphatic rings. The number of amides is 1. The molecular formula is C18H21N5O. The second-order valence-corrected chi connectivity index (χ2v) is 6.09. The van der Waals surface area contributed by atoms with Gasteiger partial charge >= 0.3 is 0 Å². The van der Waals surface area contributed by atoms with Crippen molar-refractivity contribution in [3.8, 4) is 0 Å². The first-order chi connectivity index (χ1) is 11.5. The lowest BCUT2D eigenvalue weighted by molar-refractivity contribution is 0.101. The fourth-order valence-electron chi connectivity index (χ4n) is 2.94. The third kappa shape index (κ3) is 2.71. The predicted octanol–water partition coefficient (Wildman–Crippen LogP) is 3.63. The maximum atomic E-state index is 12.8. The zero-order valence-electron chi connectivity index (χ0n) is 14.1. The van der Waals surface area contributed by atoms with E-state index in [9.17, 15) is 4.79 Å². The molecule has 0 atom stereocenters. The summed E-state index contributed by atoms with van der Waals surface area (Å²) < 4.78 is 1.98. The summed E-state index contributed by atoms with van der Waals surface area (Å²) in [4.78, 5) is 16.7. The Morgan fingerprint density at radius 1 is 1.46 bits per heavy atom. The molecule has 0 aliphatic carbocycles. The maximum absolute atomic E-state index is 12.8. The number of rotatable bonds is 5. The number of hydrogen-bond acceptors (Lipinski definition) is 3. The van der Waals surface area contributed by atoms with Crippen molar-refractivity contribution in [2.45, 2.75) is 33.2 Å². The van der Waals surface area contributed by atoms with Crippen LogP contribution in [0.5, 0.6) is 0 Å². The summed E-state index contributed by atoms with van der Waals surface area (Å²) in [7, 11) is 0. The Morgan fingerprint density at radius 3 is 2.88 bits per heavy atom. The number of anilines is 1. The summed E-state index contributed by atoms with van der Waals surface area (Å²) in [5, 5.41) is 10.2. The Balaban J connectivity index is 2.14. The Hall–Kier alpha value is -2.89. The smallest absolute Gasteiger partial charge is 0.274 e. The van der Waals surface area contributed by atoms with Crippen LogP contribution in [-0.2, 0) is 6.54 Å². The van der Waals surface area contributed by atoms with Gasteiger partial charge in [-0.05, 0) is 36.1 Å². The van der Waals surface area contributed by atoms with Gasteiger partial charge in [0.15, 0.2) is 0 Å². The Kier molecular flexibility index (Phi) is 4.20. The van der Waals surface area contributed by atoms with Gasteiger partial charge in [0, 0.05) is 17.4 Å². The van der Waals surface area contributed by atoms with Crippen molar-refractivity contribution in [3.63, 3.8) is 0 Å². The first kappa shape index (κ1) is 16.0. The molecular weight excluding hydrogens is 302 g/mol. The highest BCUT2D eigenvalue weighted by Crippen LogP contribution is 2.29. The molecule has 2 heterocycles. The molecule has 6 nitrogen and oxygen atoms in total. The minimum absolute atomic E-state index is 0.214. The minimum Gasteiger partial charge on any atom is -0.332 e. The van der Waals surface area contributed by atoms with Gasteiger partial charge in [0.1, 0.15) is 12.0 Å². The van der Waals surface area contributed by atoms with Gasteiger partial charge in [-0.1, -0.05) is 26.0 Å². The standard InChI is InChI=1S/C18H21N5O/c1-5-8-23-15-7-6-13(11(2)3)9-14(15)12(4)16(23)17(24)21-18-19-10-20-22-18/h5-7,9-11H,1,8H2,2-4H3,(H2,19,20,21,22,24). The molecule has 1 aromatic carbocycles. The molecule has 1 amide bonds. The molecule has 2 aromatic heterocycles. The van der Waals surface area contributed by atoms with Crippen LogP contribution in [0, 0.1) is 6.92 Å². The molecule has 0 saturated heterocycles. The van der Waals surface area contributed by atoms with E-state index in [1.165, 1.54) is 11.9 Å². The van der Waals surface area contributed by atoms with Crippen LogP contribution in [0.1, 0.15) is 41.4 Å². The van der Waals surface area contributed by atoms with E-state index in [1.807, 2.05) is 11.5 Å². The average Bonchev–Trinajstić information content (AvgIpc) is 3.15. The van der Waals surface area contributed by atoms with Gasteiger partial charge < -0.3 is 4.57 Å². The van der Waals surface area contributed by atoms with Crippen molar-refractivity contribution < 1.29 is 4.79 Å². The van der Waals surface area contributed by atoms with E-state index in [2.05, 4.69) is 59.1 Å². The second-order valence-electron chi connectivity index (χ2n) is 6.09. The predicted molar refractivity (Wildman–Crippen MR) is 95.3 cm³/mol. The van der Waals surface area contributed by atoms with Crippen LogP contribution in [0.4, 0.5) is 5.95 Å². The molecule has 0 bridgehead atoms. The summed E-state index contributed by atoms with van der Waals surface area (Å²) in [6.45, 7) is 10.7. The number of carbonyl (C=O) groups excluding carboxylic acids is 1. The molecule has 0 radical (unpaired) electrons. The SMILES string of the molecule is C=CCn1c(C(=O)Nc2ncn[nH]2)c(C)c2cc(C(C)C)ccc21. The molecule has 0 aliphatic heterocycles. The normalized spacial score (nSPS) is 11.2. The van der Waals surface area contributed by atoms with E-state index in [-0.39, 0.29) is 5.91 Å². The molecule has 0 spiro atoms. The van der Waals surface area contributed by atoms with Crippen LogP contribution in [0.2, 0.25) is 0 Å². The Labute approximate surface area is 140 Å². The van der Waals surface area contributed by atoms with Crippen molar-refractivity contribution in [3.05, 3.63) is 54.0 Å². The van der Waals surface area contributed by atoms with Gasteiger partial charge in [-0.2, -0.15) is 10.1 Å². The number of allylic oxidation sites excluding steroid dienone is 1. The number of fused-ring (bicyclic) bond motifs is 1. The third-order valence-electron chi connectivity index (χ3n) is 4.18. The lowest BCUT2D eigenvalue weighted by Crippen LogP contribution is -2.18. The molecule has 24 heavy (non-hydrogen) atoms. The Morgan fingerprint density at radius 2 is 2.25 bits per heavy atom. The molecule has 3 aromatic rings. The summed E-state index contributed by atoms with van der Waals surface area (Å²) in [5.41, 5.74) is 3.84. The van der Waals surface area contributed by atoms with Gasteiger partial charge in [-0.3, -0.25) is 10.1 Å². The van der Waals surface area contributed by atoms with Crippen molar-refractivity contribution >= 4 is 22.8 Å². The number of hydrogen-bond donors (Lipinski definition) is 2. The van der Waals surface area contributed by atoms with Crippen molar-refractivity contribution in [2.24, 2.45) is 0 Å². The van der Waals surface area contributed by atoms with Gasteiger partial charge in [0.2, 0.25) is 5.95 Å². The first-order valence-electron chi connectivity index (χ1n) is 7.93. The van der Waals surface area contributed by atoms with Gasteiger partial charge in [0.05, 0.1) is 0 Å². The molecule has 0 unspecified atom stereocenters. The number of nitrogens with one attached hydrogen (secondary N) is 2. The van der Waals surface area contributed by atoms with Crippen LogP contribution in [0.25, 0.3) is 10.9 Å². The monoisotopic (exact) mass is 323 g/mol. The van der Waals surface area contributed by atoms with Crippen LogP contribution in [0.15, 0.2) is 37.2 Å². The van der Waals surface area contributed by atoms with Crippen LogP contribution in [0.3, 0.4) is 0 Å². The summed E-state index contributed by atoms with van der Waals surface area (Å²) in [6, 6.07) is 6.36. The highest BCUT2D eigenvalue weighted by atomic mass is 16.2. The van der Waals surface area contributed by atoms with E-state index in [4.69, 9.17) is 0 Å². The number of H-pyrrole nitrogens is 1. The van der Waals surface area contributed by atoms with Crippen LogP contribution in [-0.4, -0.2) is 25.7 Å². The molecule has 124 valence electrons.